The predicted molar refractivity (Wildman–Crippen MR) is 75.4 cm³/mol. The Morgan fingerprint density at radius 3 is 2.62 bits per heavy atom. The zero-order chi connectivity index (χ0) is 12.3. The molecule has 1 aliphatic heterocycles. The molecule has 0 aromatic rings. The second-order valence-electron chi connectivity index (χ2n) is 3.33. The highest BCUT2D eigenvalue weighted by Crippen LogP contribution is 2.18. The molecule has 1 aliphatic rings. The van der Waals surface area contributed by atoms with Gasteiger partial charge in [-0.15, -0.1) is 11.6 Å². The maximum Gasteiger partial charge on any atom is 0.256 e. The van der Waals surface area contributed by atoms with Gasteiger partial charge in [-0.3, -0.25) is 0 Å². The predicted octanol–water partition coefficient (Wildman–Crippen LogP) is 1.40. The lowest BCUT2D eigenvalue weighted by Crippen LogP contribution is -2.41. The quantitative estimate of drug-likeness (QED) is 0.558. The zero-order valence-corrected chi connectivity index (χ0v) is 13.6. The first kappa shape index (κ1) is 14.9. The highest BCUT2D eigenvalue weighted by molar-refractivity contribution is 9.24. The van der Waals surface area contributed by atoms with Gasteiger partial charge in [-0.05, 0) is 12.2 Å². The third kappa shape index (κ3) is 5.03. The van der Waals surface area contributed by atoms with E-state index in [9.17, 15) is 8.42 Å². The van der Waals surface area contributed by atoms with Crippen LogP contribution in [-0.4, -0.2) is 46.9 Å². The lowest BCUT2D eigenvalue weighted by molar-refractivity contribution is 0.315. The van der Waals surface area contributed by atoms with E-state index in [1.807, 2.05) is 0 Å². The molecule has 1 rings (SSSR count). The number of halogens is 3. The molecule has 0 unspecified atom stereocenters. The second-order valence-corrected chi connectivity index (χ2v) is 9.86. The van der Waals surface area contributed by atoms with Crippen LogP contribution in [0.4, 0.5) is 0 Å². The number of thiocarbonyl (C=S) groups is 1. The van der Waals surface area contributed by atoms with Crippen LogP contribution in [0.3, 0.4) is 0 Å². The van der Waals surface area contributed by atoms with E-state index in [-0.39, 0.29) is 26.5 Å². The molecule has 1 N–H and O–H groups in total. The van der Waals surface area contributed by atoms with Crippen LogP contribution in [0.1, 0.15) is 0 Å². The first-order valence-corrected chi connectivity index (χ1v) is 8.86. The number of ether oxygens (including phenoxy) is 1. The summed E-state index contributed by atoms with van der Waals surface area (Å²) in [5.41, 5.74) is 0. The van der Waals surface area contributed by atoms with E-state index < -0.39 is 15.2 Å². The summed E-state index contributed by atoms with van der Waals surface area (Å²) >= 11 is 17.3. The highest BCUT2D eigenvalue weighted by atomic mass is 79.9. The van der Waals surface area contributed by atoms with Crippen molar-refractivity contribution in [3.63, 3.8) is 0 Å². The minimum Gasteiger partial charge on any atom is -0.469 e. The van der Waals surface area contributed by atoms with Gasteiger partial charge in [0, 0.05) is 0 Å². The summed E-state index contributed by atoms with van der Waals surface area (Å²) < 4.78 is 27.7. The third-order valence-electron chi connectivity index (χ3n) is 1.93. The molecule has 2 atom stereocenters. The average Bonchev–Trinajstić information content (AvgIpc) is 2.36. The van der Waals surface area contributed by atoms with Gasteiger partial charge in [-0.25, -0.2) is 8.42 Å². The molecule has 0 aliphatic carbocycles. The SMILES string of the molecule is O=S1(=O)C[C@@H](Cl)[C@@H](NC(=S)OCC(Br)Br)C1. The molecule has 1 fully saturated rings. The summed E-state index contributed by atoms with van der Waals surface area (Å²) in [6.45, 7) is 0.345. The Hall–Kier alpha value is 0.890. The van der Waals surface area contributed by atoms with Crippen LogP contribution >= 0.6 is 55.7 Å². The fourth-order valence-corrected chi connectivity index (χ4v) is 4.30. The monoisotopic (exact) mass is 413 g/mol. The van der Waals surface area contributed by atoms with Crippen LogP contribution in [0.5, 0.6) is 0 Å². The topological polar surface area (TPSA) is 55.4 Å². The summed E-state index contributed by atoms with van der Waals surface area (Å²) in [5.74, 6) is -0.0227. The molecule has 0 amide bonds. The van der Waals surface area contributed by atoms with E-state index in [0.29, 0.717) is 6.61 Å². The first-order valence-electron chi connectivity index (χ1n) is 4.36. The van der Waals surface area contributed by atoms with Gasteiger partial charge in [0.1, 0.15) is 10.3 Å². The van der Waals surface area contributed by atoms with Crippen molar-refractivity contribution >= 4 is 70.7 Å². The van der Waals surface area contributed by atoms with E-state index in [0.717, 1.165) is 0 Å². The molecular weight excluding hydrogens is 405 g/mol. The fourth-order valence-electron chi connectivity index (χ4n) is 1.27. The maximum absolute atomic E-state index is 11.3. The summed E-state index contributed by atoms with van der Waals surface area (Å²) in [6, 6.07) is -0.372. The van der Waals surface area contributed by atoms with Gasteiger partial charge in [0.15, 0.2) is 9.84 Å². The van der Waals surface area contributed by atoms with Crippen LogP contribution in [0.2, 0.25) is 0 Å². The first-order chi connectivity index (χ1) is 7.30. The molecule has 9 heteroatoms. The Balaban J connectivity index is 2.40. The van der Waals surface area contributed by atoms with E-state index in [2.05, 4.69) is 37.2 Å². The number of hydrogen-bond acceptors (Lipinski definition) is 4. The van der Waals surface area contributed by atoms with Gasteiger partial charge < -0.3 is 10.1 Å². The molecule has 0 aromatic carbocycles. The number of rotatable bonds is 3. The van der Waals surface area contributed by atoms with Crippen molar-refractivity contribution in [2.45, 2.75) is 15.2 Å². The van der Waals surface area contributed by atoms with Gasteiger partial charge in [-0.1, -0.05) is 31.9 Å². The normalized spacial score (nSPS) is 28.0. The van der Waals surface area contributed by atoms with Crippen molar-refractivity contribution in [1.29, 1.82) is 0 Å². The smallest absolute Gasteiger partial charge is 0.256 e. The van der Waals surface area contributed by atoms with Gasteiger partial charge in [-0.2, -0.15) is 0 Å². The van der Waals surface area contributed by atoms with Crippen LogP contribution in [0, 0.1) is 0 Å². The van der Waals surface area contributed by atoms with E-state index >= 15 is 0 Å². The summed E-state index contributed by atoms with van der Waals surface area (Å²) in [7, 11) is -3.05. The van der Waals surface area contributed by atoms with E-state index in [4.69, 9.17) is 28.6 Å². The van der Waals surface area contributed by atoms with Crippen molar-refractivity contribution in [2.75, 3.05) is 18.1 Å². The van der Waals surface area contributed by atoms with Crippen molar-refractivity contribution < 1.29 is 13.2 Å². The molecular formula is C7H10Br2ClNO3S2. The molecule has 4 nitrogen and oxygen atoms in total. The molecule has 94 valence electrons. The molecule has 16 heavy (non-hydrogen) atoms. The lowest BCUT2D eigenvalue weighted by atomic mass is 10.3. The van der Waals surface area contributed by atoms with Crippen LogP contribution in [-0.2, 0) is 14.6 Å². The largest absolute Gasteiger partial charge is 0.469 e. The zero-order valence-electron chi connectivity index (χ0n) is 8.03. The fraction of sp³-hybridized carbons (Fsp3) is 0.857. The Morgan fingerprint density at radius 1 is 1.56 bits per heavy atom. The van der Waals surface area contributed by atoms with Crippen LogP contribution < -0.4 is 5.32 Å². The van der Waals surface area contributed by atoms with Gasteiger partial charge in [0.2, 0.25) is 0 Å². The van der Waals surface area contributed by atoms with Crippen molar-refractivity contribution in [3.8, 4) is 0 Å². The number of hydrogen-bond donors (Lipinski definition) is 1. The van der Waals surface area contributed by atoms with Crippen molar-refractivity contribution in [1.82, 2.24) is 5.32 Å². The Kier molecular flexibility index (Phi) is 5.77. The van der Waals surface area contributed by atoms with Gasteiger partial charge >= 0.3 is 0 Å². The number of alkyl halides is 3. The molecule has 0 aromatic heterocycles. The lowest BCUT2D eigenvalue weighted by Gasteiger charge is -2.16. The van der Waals surface area contributed by atoms with E-state index in [1.54, 1.807) is 0 Å². The van der Waals surface area contributed by atoms with Crippen molar-refractivity contribution in [3.05, 3.63) is 0 Å². The van der Waals surface area contributed by atoms with E-state index in [1.165, 1.54) is 0 Å². The molecule has 1 saturated heterocycles. The molecule has 0 spiro atoms. The molecule has 1 heterocycles. The van der Waals surface area contributed by atoms with Crippen LogP contribution in [0.15, 0.2) is 0 Å². The molecule has 0 bridgehead atoms. The Morgan fingerprint density at radius 2 is 2.19 bits per heavy atom. The third-order valence-corrected chi connectivity index (χ3v) is 5.07. The number of sulfone groups is 1. The Labute approximate surface area is 122 Å². The summed E-state index contributed by atoms with van der Waals surface area (Å²) in [6.07, 6.45) is 0. The van der Waals surface area contributed by atoms with Crippen molar-refractivity contribution in [2.24, 2.45) is 0 Å². The van der Waals surface area contributed by atoms with Gasteiger partial charge in [0.05, 0.1) is 22.9 Å². The molecule has 0 radical (unpaired) electrons. The minimum absolute atomic E-state index is 0.00106. The summed E-state index contributed by atoms with van der Waals surface area (Å²) in [4.78, 5) is 0. The second kappa shape index (κ2) is 6.17. The van der Waals surface area contributed by atoms with Gasteiger partial charge in [0.25, 0.3) is 5.17 Å². The standard InChI is InChI=1S/C7H10Br2ClNO3S2/c8-6(9)1-14-7(15)11-5-3-16(12,13)2-4(5)10/h4-6H,1-3H2,(H,11,15)/t4-,5+/m1/s1. The maximum atomic E-state index is 11.3. The minimum atomic E-state index is -3.05. The molecule has 0 saturated carbocycles. The number of nitrogens with one attached hydrogen (secondary N) is 1. The highest BCUT2D eigenvalue weighted by Gasteiger charge is 2.36. The van der Waals surface area contributed by atoms with Crippen LogP contribution in [0.25, 0.3) is 0 Å². The summed E-state index contributed by atoms with van der Waals surface area (Å²) in [5, 5.41) is 2.50. The Bertz CT molecular complexity index is 363. The average molecular weight is 416 g/mol.